The molecule has 5 heteroatoms. The second kappa shape index (κ2) is 6.46. The molecule has 3 aromatic rings. The van der Waals surface area contributed by atoms with Gasteiger partial charge in [0.15, 0.2) is 0 Å². The summed E-state index contributed by atoms with van der Waals surface area (Å²) in [5, 5.41) is 16.2. The predicted molar refractivity (Wildman–Crippen MR) is 109 cm³/mol. The molecule has 0 unspecified atom stereocenters. The summed E-state index contributed by atoms with van der Waals surface area (Å²) in [6, 6.07) is 17.8. The Morgan fingerprint density at radius 1 is 1.07 bits per heavy atom. The van der Waals surface area contributed by atoms with Gasteiger partial charge in [0, 0.05) is 23.6 Å². The summed E-state index contributed by atoms with van der Waals surface area (Å²) >= 11 is 0. The number of hydrogen-bond acceptors (Lipinski definition) is 4. The van der Waals surface area contributed by atoms with E-state index in [4.69, 9.17) is 0 Å². The van der Waals surface area contributed by atoms with E-state index in [0.717, 1.165) is 46.5 Å². The van der Waals surface area contributed by atoms with Crippen LogP contribution in [0.4, 0.5) is 11.4 Å². The van der Waals surface area contributed by atoms with E-state index in [2.05, 4.69) is 21.7 Å². The number of nitrogens with one attached hydrogen (secondary N) is 2. The molecule has 1 aliphatic carbocycles. The van der Waals surface area contributed by atoms with Gasteiger partial charge in [0.1, 0.15) is 0 Å². The smallest absolute Gasteiger partial charge is 0.235 e. The summed E-state index contributed by atoms with van der Waals surface area (Å²) in [6.07, 6.45) is 5.43. The molecule has 1 aliphatic heterocycles. The highest BCUT2D eigenvalue weighted by atomic mass is 16.3. The van der Waals surface area contributed by atoms with Crippen LogP contribution in [0.15, 0.2) is 67.0 Å². The van der Waals surface area contributed by atoms with Crippen LogP contribution in [-0.4, -0.2) is 22.6 Å². The highest BCUT2D eigenvalue weighted by molar-refractivity contribution is 6.08. The molecule has 1 saturated carbocycles. The third-order valence-electron chi connectivity index (χ3n) is 5.76. The molecule has 1 amide bonds. The Morgan fingerprint density at radius 3 is 2.64 bits per heavy atom. The molecule has 1 atom stereocenters. The van der Waals surface area contributed by atoms with E-state index >= 15 is 0 Å². The first-order valence-corrected chi connectivity index (χ1v) is 9.53. The van der Waals surface area contributed by atoms with Gasteiger partial charge in [0.2, 0.25) is 5.91 Å². The molecule has 2 aliphatic rings. The molecule has 0 bridgehead atoms. The molecular formula is C23H21N3O2. The number of anilines is 2. The lowest BCUT2D eigenvalue weighted by atomic mass is 9.94. The maximum atomic E-state index is 12.2. The van der Waals surface area contributed by atoms with E-state index in [9.17, 15) is 9.90 Å². The van der Waals surface area contributed by atoms with Gasteiger partial charge in [0.05, 0.1) is 23.8 Å². The van der Waals surface area contributed by atoms with E-state index in [1.165, 1.54) is 0 Å². The first kappa shape index (κ1) is 17.0. The van der Waals surface area contributed by atoms with Crippen molar-refractivity contribution in [3.8, 4) is 11.1 Å². The average Bonchev–Trinajstić information content (AvgIpc) is 3.50. The van der Waals surface area contributed by atoms with Crippen molar-refractivity contribution in [2.75, 3.05) is 17.2 Å². The number of aromatic nitrogens is 1. The largest absolute Gasteiger partial charge is 0.394 e. The van der Waals surface area contributed by atoms with Gasteiger partial charge in [-0.2, -0.15) is 0 Å². The van der Waals surface area contributed by atoms with Crippen molar-refractivity contribution < 1.29 is 9.90 Å². The molecule has 3 N–H and O–H groups in total. The fraction of sp³-hybridized carbons (Fsp3) is 0.217. The van der Waals surface area contributed by atoms with E-state index in [1.54, 1.807) is 6.20 Å². The number of benzene rings is 2. The third-order valence-corrected chi connectivity index (χ3v) is 5.76. The molecule has 2 aromatic carbocycles. The minimum absolute atomic E-state index is 0.0105. The topological polar surface area (TPSA) is 74.2 Å². The normalized spacial score (nSPS) is 17.1. The minimum Gasteiger partial charge on any atom is -0.394 e. The van der Waals surface area contributed by atoms with Crippen LogP contribution < -0.4 is 10.6 Å². The van der Waals surface area contributed by atoms with E-state index in [0.29, 0.717) is 0 Å². The van der Waals surface area contributed by atoms with Gasteiger partial charge < -0.3 is 15.7 Å². The van der Waals surface area contributed by atoms with Gasteiger partial charge >= 0.3 is 0 Å². The van der Waals surface area contributed by atoms with Crippen LogP contribution >= 0.6 is 0 Å². The summed E-state index contributed by atoms with van der Waals surface area (Å²) < 4.78 is 0. The second-order valence-corrected chi connectivity index (χ2v) is 7.55. The molecule has 0 saturated heterocycles. The van der Waals surface area contributed by atoms with E-state index in [1.807, 2.05) is 54.7 Å². The quantitative estimate of drug-likeness (QED) is 0.636. The summed E-state index contributed by atoms with van der Waals surface area (Å²) in [5.74, 6) is 0.127. The first-order valence-electron chi connectivity index (χ1n) is 9.53. The Morgan fingerprint density at radius 2 is 1.89 bits per heavy atom. The van der Waals surface area contributed by atoms with Gasteiger partial charge in [-0.15, -0.1) is 0 Å². The molecule has 28 heavy (non-hydrogen) atoms. The fourth-order valence-electron chi connectivity index (χ4n) is 4.01. The summed E-state index contributed by atoms with van der Waals surface area (Å²) in [7, 11) is 0. The molecule has 140 valence electrons. The zero-order valence-electron chi connectivity index (χ0n) is 15.4. The molecule has 5 nitrogen and oxygen atoms in total. The van der Waals surface area contributed by atoms with E-state index < -0.39 is 0 Å². The SMILES string of the molecule is O=C1Nc2ccc(-c3cncc(N[C@@H](CO)c4ccccc4)c3)cc2C12CC2. The number of fused-ring (bicyclic) bond motifs is 2. The van der Waals surface area contributed by atoms with Gasteiger partial charge in [0.25, 0.3) is 0 Å². The summed E-state index contributed by atoms with van der Waals surface area (Å²) in [4.78, 5) is 16.6. The number of carbonyl (C=O) groups excluding carboxylic acids is 1. The Balaban J connectivity index is 1.44. The molecule has 0 radical (unpaired) electrons. The predicted octanol–water partition coefficient (Wildman–Crippen LogP) is 3.88. The van der Waals surface area contributed by atoms with Crippen molar-refractivity contribution in [1.29, 1.82) is 0 Å². The molecular weight excluding hydrogens is 350 g/mol. The number of hydrogen-bond donors (Lipinski definition) is 3. The maximum absolute atomic E-state index is 12.2. The van der Waals surface area contributed by atoms with Crippen LogP contribution in [0, 0.1) is 0 Å². The van der Waals surface area contributed by atoms with Crippen LogP contribution in [0.3, 0.4) is 0 Å². The number of amides is 1. The number of nitrogens with zero attached hydrogens (tertiary/aromatic N) is 1. The van der Waals surface area contributed by atoms with Crippen LogP contribution in [-0.2, 0) is 10.2 Å². The van der Waals surface area contributed by atoms with Crippen molar-refractivity contribution in [3.63, 3.8) is 0 Å². The molecule has 2 heterocycles. The lowest BCUT2D eigenvalue weighted by Gasteiger charge is -2.18. The third kappa shape index (κ3) is 2.75. The number of pyridine rings is 1. The van der Waals surface area contributed by atoms with Gasteiger partial charge in [-0.25, -0.2) is 0 Å². The van der Waals surface area contributed by atoms with Crippen molar-refractivity contribution >= 4 is 17.3 Å². The number of aliphatic hydroxyl groups excluding tert-OH is 1. The van der Waals surface area contributed by atoms with Gasteiger partial charge in [-0.1, -0.05) is 36.4 Å². The lowest BCUT2D eigenvalue weighted by molar-refractivity contribution is -0.117. The second-order valence-electron chi connectivity index (χ2n) is 7.55. The first-order chi connectivity index (χ1) is 13.7. The van der Waals surface area contributed by atoms with Gasteiger partial charge in [-0.05, 0) is 47.7 Å². The summed E-state index contributed by atoms with van der Waals surface area (Å²) in [5.41, 5.74) is 5.61. The Hall–Kier alpha value is -3.18. The zero-order valence-corrected chi connectivity index (χ0v) is 15.4. The van der Waals surface area contributed by atoms with Crippen LogP contribution in [0.1, 0.15) is 30.0 Å². The Bertz CT molecular complexity index is 1040. The number of rotatable bonds is 5. The lowest BCUT2D eigenvalue weighted by Crippen LogP contribution is -2.18. The highest BCUT2D eigenvalue weighted by Crippen LogP contribution is 2.55. The van der Waals surface area contributed by atoms with Crippen LogP contribution in [0.5, 0.6) is 0 Å². The Kier molecular flexibility index (Phi) is 3.91. The molecule has 1 aromatic heterocycles. The zero-order chi connectivity index (χ0) is 19.1. The molecule has 1 spiro atoms. The van der Waals surface area contributed by atoms with Crippen molar-refractivity contribution in [2.45, 2.75) is 24.3 Å². The average molecular weight is 371 g/mol. The maximum Gasteiger partial charge on any atom is 0.235 e. The number of aliphatic hydroxyl groups is 1. The van der Waals surface area contributed by atoms with Gasteiger partial charge in [-0.3, -0.25) is 9.78 Å². The highest BCUT2D eigenvalue weighted by Gasteiger charge is 2.56. The monoisotopic (exact) mass is 371 g/mol. The minimum atomic E-state index is -0.302. The van der Waals surface area contributed by atoms with Crippen LogP contribution in [0.25, 0.3) is 11.1 Å². The fourth-order valence-corrected chi connectivity index (χ4v) is 4.01. The standard InChI is InChI=1S/C23H21N3O2/c27-14-21(15-4-2-1-3-5-15)25-18-10-17(12-24-13-18)16-6-7-20-19(11-16)23(8-9-23)22(28)26-20/h1-7,10-13,21,25,27H,8-9,14H2,(H,26,28)/t21-/m0/s1. The van der Waals surface area contributed by atoms with Crippen molar-refractivity contribution in [2.24, 2.45) is 0 Å². The number of carbonyl (C=O) groups is 1. The Labute approximate surface area is 163 Å². The molecule has 5 rings (SSSR count). The van der Waals surface area contributed by atoms with Crippen LogP contribution in [0.2, 0.25) is 0 Å². The molecule has 1 fully saturated rings. The summed E-state index contributed by atoms with van der Waals surface area (Å²) in [6.45, 7) is -0.0105. The van der Waals surface area contributed by atoms with E-state index in [-0.39, 0.29) is 24.0 Å². The van der Waals surface area contributed by atoms with Crippen molar-refractivity contribution in [3.05, 3.63) is 78.1 Å². The van der Waals surface area contributed by atoms with Crippen molar-refractivity contribution in [1.82, 2.24) is 4.98 Å².